The van der Waals surface area contributed by atoms with Gasteiger partial charge in [-0.25, -0.2) is 4.39 Å². The number of likely N-dealkylation sites (N-methyl/N-ethyl adjacent to an activating group) is 1. The Kier molecular flexibility index (Phi) is 2.99. The molecule has 1 aliphatic carbocycles. The highest BCUT2D eigenvalue weighted by molar-refractivity contribution is 5.48. The van der Waals surface area contributed by atoms with E-state index >= 15 is 0 Å². The summed E-state index contributed by atoms with van der Waals surface area (Å²) in [5.74, 6) is -0.647. The number of hydrogen-bond donors (Lipinski definition) is 2. The van der Waals surface area contributed by atoms with Crippen LogP contribution in [0, 0.1) is 5.82 Å². The first-order chi connectivity index (χ1) is 9.20. The summed E-state index contributed by atoms with van der Waals surface area (Å²) in [4.78, 5) is 0. The molecule has 0 aromatic heterocycles. The molecule has 0 bridgehead atoms. The first kappa shape index (κ1) is 12.2. The Morgan fingerprint density at radius 2 is 1.95 bits per heavy atom. The van der Waals surface area contributed by atoms with Crippen molar-refractivity contribution in [2.24, 2.45) is 0 Å². The fourth-order valence-corrected chi connectivity index (χ4v) is 3.00. The van der Waals surface area contributed by atoms with Crippen LogP contribution in [0.2, 0.25) is 0 Å². The van der Waals surface area contributed by atoms with Crippen molar-refractivity contribution in [2.75, 3.05) is 7.05 Å². The van der Waals surface area contributed by atoms with E-state index < -0.39 is 5.82 Å². The number of halogens is 1. The smallest absolute Gasteiger partial charge is 0.165 e. The fourth-order valence-electron chi connectivity index (χ4n) is 3.00. The molecule has 2 atom stereocenters. The van der Waals surface area contributed by atoms with E-state index in [1.165, 1.54) is 11.6 Å². The van der Waals surface area contributed by atoms with Gasteiger partial charge in [-0.05, 0) is 42.3 Å². The molecule has 0 fully saturated rings. The van der Waals surface area contributed by atoms with Gasteiger partial charge in [-0.1, -0.05) is 30.3 Å². The molecule has 0 heterocycles. The van der Waals surface area contributed by atoms with Gasteiger partial charge in [-0.3, -0.25) is 0 Å². The molecule has 98 valence electrons. The number of phenols is 1. The fraction of sp³-hybridized carbons (Fsp3) is 0.250. The molecule has 2 aromatic rings. The monoisotopic (exact) mass is 257 g/mol. The lowest BCUT2D eigenvalue weighted by Crippen LogP contribution is -2.29. The molecule has 0 saturated heterocycles. The van der Waals surface area contributed by atoms with Crippen LogP contribution in [-0.4, -0.2) is 18.2 Å². The summed E-state index contributed by atoms with van der Waals surface area (Å²) < 4.78 is 13.5. The molecule has 3 heteroatoms. The lowest BCUT2D eigenvalue weighted by atomic mass is 9.90. The number of phenolic OH excluding ortho intramolecular Hbond substituents is 1. The van der Waals surface area contributed by atoms with E-state index in [1.807, 2.05) is 25.2 Å². The van der Waals surface area contributed by atoms with Crippen molar-refractivity contribution in [1.29, 1.82) is 0 Å². The third-order valence-corrected chi connectivity index (χ3v) is 3.92. The average Bonchev–Trinajstić information content (AvgIpc) is 2.78. The second-order valence-corrected chi connectivity index (χ2v) is 4.99. The van der Waals surface area contributed by atoms with Crippen molar-refractivity contribution >= 4 is 0 Å². The van der Waals surface area contributed by atoms with Gasteiger partial charge in [0.05, 0.1) is 0 Å². The van der Waals surface area contributed by atoms with Gasteiger partial charge in [-0.2, -0.15) is 0 Å². The molecule has 2 aromatic carbocycles. The summed E-state index contributed by atoms with van der Waals surface area (Å²) in [5.41, 5.74) is 3.18. The van der Waals surface area contributed by atoms with Gasteiger partial charge < -0.3 is 10.4 Å². The summed E-state index contributed by atoms with van der Waals surface area (Å²) in [6, 6.07) is 13.4. The molecule has 2 N–H and O–H groups in total. The average molecular weight is 257 g/mol. The second-order valence-electron chi connectivity index (χ2n) is 4.99. The third kappa shape index (κ3) is 2.00. The molecular formula is C16H16FNO. The van der Waals surface area contributed by atoms with E-state index in [-0.39, 0.29) is 17.7 Å². The molecule has 3 rings (SSSR count). The standard InChI is InChI=1S/C16H16FNO/c1-18-14-8-11-7-13(17)15(19)9-12(11)16(14)10-5-3-2-4-6-10/h2-7,9,14,16,18-19H,8H2,1H3/t14-,16-/m1/s1. The van der Waals surface area contributed by atoms with Crippen LogP contribution in [0.3, 0.4) is 0 Å². The number of aromatic hydroxyl groups is 1. The third-order valence-electron chi connectivity index (χ3n) is 3.92. The molecule has 1 aliphatic rings. The highest BCUT2D eigenvalue weighted by Gasteiger charge is 2.33. The van der Waals surface area contributed by atoms with Crippen molar-refractivity contribution in [1.82, 2.24) is 5.32 Å². The van der Waals surface area contributed by atoms with E-state index in [2.05, 4.69) is 17.4 Å². The van der Waals surface area contributed by atoms with Gasteiger partial charge in [0.1, 0.15) is 0 Å². The van der Waals surface area contributed by atoms with Crippen molar-refractivity contribution in [3.8, 4) is 5.75 Å². The maximum absolute atomic E-state index is 13.5. The molecule has 19 heavy (non-hydrogen) atoms. The van der Waals surface area contributed by atoms with E-state index in [0.717, 1.165) is 17.5 Å². The number of fused-ring (bicyclic) bond motifs is 1. The minimum absolute atomic E-state index is 0.160. The van der Waals surface area contributed by atoms with Crippen molar-refractivity contribution in [2.45, 2.75) is 18.4 Å². The van der Waals surface area contributed by atoms with Crippen LogP contribution < -0.4 is 5.32 Å². The van der Waals surface area contributed by atoms with Crippen LogP contribution in [0.1, 0.15) is 22.6 Å². The molecule has 0 unspecified atom stereocenters. The zero-order chi connectivity index (χ0) is 13.4. The quantitative estimate of drug-likeness (QED) is 0.867. The maximum atomic E-state index is 13.5. The Hall–Kier alpha value is -1.87. The number of nitrogens with one attached hydrogen (secondary N) is 1. The van der Waals surface area contributed by atoms with E-state index in [0.29, 0.717) is 0 Å². The van der Waals surface area contributed by atoms with Crippen LogP contribution >= 0.6 is 0 Å². The molecule has 2 nitrogen and oxygen atoms in total. The summed E-state index contributed by atoms with van der Waals surface area (Å²) in [6.07, 6.45) is 0.780. The minimum Gasteiger partial charge on any atom is -0.505 e. The molecule has 0 saturated carbocycles. The zero-order valence-electron chi connectivity index (χ0n) is 10.7. The molecular weight excluding hydrogens is 241 g/mol. The Balaban J connectivity index is 2.12. The Morgan fingerprint density at radius 3 is 2.63 bits per heavy atom. The van der Waals surface area contributed by atoms with Crippen molar-refractivity contribution in [3.05, 3.63) is 65.0 Å². The molecule has 0 amide bonds. The first-order valence-electron chi connectivity index (χ1n) is 6.44. The molecule has 0 aliphatic heterocycles. The van der Waals surface area contributed by atoms with Gasteiger partial charge in [0.25, 0.3) is 0 Å². The summed E-state index contributed by atoms with van der Waals surface area (Å²) in [5, 5.41) is 12.9. The van der Waals surface area contributed by atoms with Gasteiger partial charge in [0.2, 0.25) is 0 Å². The zero-order valence-corrected chi connectivity index (χ0v) is 10.7. The van der Waals surface area contributed by atoms with E-state index in [9.17, 15) is 9.50 Å². The Morgan fingerprint density at radius 1 is 1.21 bits per heavy atom. The number of benzene rings is 2. The largest absolute Gasteiger partial charge is 0.505 e. The Bertz CT molecular complexity index is 597. The second kappa shape index (κ2) is 4.67. The lowest BCUT2D eigenvalue weighted by Gasteiger charge is -2.20. The number of rotatable bonds is 2. The SMILES string of the molecule is CN[C@@H]1Cc2cc(F)c(O)cc2[C@H]1c1ccccc1. The number of hydrogen-bond acceptors (Lipinski definition) is 2. The van der Waals surface area contributed by atoms with E-state index in [1.54, 1.807) is 6.07 Å². The van der Waals surface area contributed by atoms with Gasteiger partial charge in [0, 0.05) is 12.0 Å². The van der Waals surface area contributed by atoms with Crippen LogP contribution in [0.4, 0.5) is 4.39 Å². The minimum atomic E-state index is -0.540. The normalized spacial score (nSPS) is 21.4. The highest BCUT2D eigenvalue weighted by Crippen LogP contribution is 2.40. The van der Waals surface area contributed by atoms with E-state index in [4.69, 9.17) is 0 Å². The highest BCUT2D eigenvalue weighted by atomic mass is 19.1. The molecule has 0 radical (unpaired) electrons. The first-order valence-corrected chi connectivity index (χ1v) is 6.44. The van der Waals surface area contributed by atoms with Crippen LogP contribution in [0.15, 0.2) is 42.5 Å². The molecule has 0 spiro atoms. The van der Waals surface area contributed by atoms with Crippen molar-refractivity contribution < 1.29 is 9.50 Å². The predicted octanol–water partition coefficient (Wildman–Crippen LogP) is 2.81. The summed E-state index contributed by atoms with van der Waals surface area (Å²) in [7, 11) is 1.92. The van der Waals surface area contributed by atoms with Gasteiger partial charge in [-0.15, -0.1) is 0 Å². The summed E-state index contributed by atoms with van der Waals surface area (Å²) in [6.45, 7) is 0. The predicted molar refractivity (Wildman–Crippen MR) is 72.9 cm³/mol. The maximum Gasteiger partial charge on any atom is 0.165 e. The Labute approximate surface area is 111 Å². The lowest BCUT2D eigenvalue weighted by molar-refractivity contribution is 0.431. The summed E-state index contributed by atoms with van der Waals surface area (Å²) >= 11 is 0. The topological polar surface area (TPSA) is 32.3 Å². The van der Waals surface area contributed by atoms with Crippen LogP contribution in [0.5, 0.6) is 5.75 Å². The van der Waals surface area contributed by atoms with Gasteiger partial charge >= 0.3 is 0 Å². The van der Waals surface area contributed by atoms with Crippen LogP contribution in [-0.2, 0) is 6.42 Å². The van der Waals surface area contributed by atoms with Crippen molar-refractivity contribution in [3.63, 3.8) is 0 Å². The van der Waals surface area contributed by atoms with Gasteiger partial charge in [0.15, 0.2) is 11.6 Å². The van der Waals surface area contributed by atoms with Crippen LogP contribution in [0.25, 0.3) is 0 Å².